The summed E-state index contributed by atoms with van der Waals surface area (Å²) >= 11 is 0. The van der Waals surface area contributed by atoms with E-state index in [1.54, 1.807) is 0 Å². The van der Waals surface area contributed by atoms with E-state index in [4.69, 9.17) is 9.30 Å². The van der Waals surface area contributed by atoms with Gasteiger partial charge in [0.15, 0.2) is 0 Å². The van der Waals surface area contributed by atoms with Crippen molar-refractivity contribution < 1.29 is 155 Å². The predicted octanol–water partition coefficient (Wildman–Crippen LogP) is 17.1. The van der Waals surface area contributed by atoms with Crippen LogP contribution in [0, 0.1) is 72.5 Å². The molecule has 0 aromatic heterocycles. The molecule has 0 spiro atoms. The van der Waals surface area contributed by atoms with Crippen LogP contribution >= 0.6 is 0 Å². The van der Waals surface area contributed by atoms with E-state index in [0.29, 0.717) is 0 Å². The molecule has 83 heavy (non-hydrogen) atoms. The van der Waals surface area contributed by atoms with Crippen LogP contribution < -0.4 is 21.9 Å². The maximum Gasteiger partial charge on any atom is 0 e. The average molecular weight is 1570 g/mol. The van der Waals surface area contributed by atoms with Crippen LogP contribution in [-0.4, -0.2) is 6.15 Å². The van der Waals surface area contributed by atoms with Crippen molar-refractivity contribution in [2.24, 2.45) is 0 Å². The molecule has 2 aliphatic carbocycles. The third kappa shape index (κ3) is 18.5. The minimum atomic E-state index is -6.13. The Bertz CT molecular complexity index is 2240. The van der Waals surface area contributed by atoms with Gasteiger partial charge in [0.25, 0.3) is 0 Å². The van der Waals surface area contributed by atoms with E-state index >= 15 is 0 Å². The Morgan fingerprint density at radius 1 is 0.217 bits per heavy atom. The third-order valence-electron chi connectivity index (χ3n) is 14.1. The van der Waals surface area contributed by atoms with Crippen molar-refractivity contribution in [2.75, 3.05) is 0 Å². The van der Waals surface area contributed by atoms with Crippen LogP contribution in [0.4, 0.5) is 105 Å². The second kappa shape index (κ2) is 28.3. The molecule has 0 N–H and O–H groups in total. The van der Waals surface area contributed by atoms with Gasteiger partial charge in [0, 0.05) is 40.2 Å². The van der Waals surface area contributed by atoms with E-state index in [0.717, 1.165) is 0 Å². The van der Waals surface area contributed by atoms with E-state index in [9.17, 15) is 105 Å². The first-order valence-electron chi connectivity index (χ1n) is 22.5. The number of benzene rings is 4. The minimum Gasteiger partial charge on any atom is 0 e. The number of halogens is 24. The molecule has 29 heteroatoms. The molecule has 4 aromatic rings. The Hall–Kier alpha value is -3.96. The zero-order valence-corrected chi connectivity index (χ0v) is 48.9. The number of hydrogen-bond acceptors (Lipinski definition) is 0. The van der Waals surface area contributed by atoms with Gasteiger partial charge in [-0.3, -0.25) is 0 Å². The normalized spacial score (nSPS) is 16.7. The minimum absolute atomic E-state index is 0. The van der Waals surface area contributed by atoms with E-state index < -0.39 is 195 Å². The van der Waals surface area contributed by atoms with Crippen LogP contribution in [0.5, 0.6) is 0 Å². The van der Waals surface area contributed by atoms with Gasteiger partial charge in [-0.15, -0.1) is 0 Å². The van der Waals surface area contributed by atoms with Gasteiger partial charge in [-0.05, 0) is 83.4 Å². The molecule has 0 heterocycles. The van der Waals surface area contributed by atoms with Gasteiger partial charge in [-0.25, -0.2) is 0 Å². The fourth-order valence-electron chi connectivity index (χ4n) is 8.88. The van der Waals surface area contributed by atoms with Gasteiger partial charge < -0.3 is 0 Å². The Balaban J connectivity index is 0.00000214. The largest absolute Gasteiger partial charge is 0 e. The smallest absolute Gasteiger partial charge is 0 e. The van der Waals surface area contributed by atoms with E-state index in [1.165, 1.54) is 59.2 Å². The maximum atomic E-state index is 14.2. The standard InChI is InChI=1S/C32H12BF24.2C10H15.2CO.2Ir/c34-25(35,36)13-1-14(26(37,38)39)6-21(5-13)33(22-7-15(27(40,41)42)2-16(8-22)28(43,44)45,23-9-17(29(46,47)48)3-18(10-23)30(49,50)51)24-11-19(31(52,53)54)4-20(12-24)32(55,56)57;2*1-6-7(2)9(4)10(5)8(6)3;2*1-2;;/h1-12H;2*1-5H3;;;;/q-1;;;;;;. The van der Waals surface area contributed by atoms with Crippen LogP contribution in [0.15, 0.2) is 72.8 Å². The van der Waals surface area contributed by atoms with E-state index in [2.05, 4.69) is 82.5 Å². The molecule has 6 rings (SSSR count). The Kier molecular flexibility index (Phi) is 26.9. The number of rotatable bonds is 4. The summed E-state index contributed by atoms with van der Waals surface area (Å²) in [6.45, 7) is 31.0. The van der Waals surface area contributed by atoms with Gasteiger partial charge in [-0.2, -0.15) is 127 Å². The zero-order valence-electron chi connectivity index (χ0n) is 44.1. The number of alkyl halides is 24. The molecule has 0 atom stereocenters. The molecule has 0 aliphatic heterocycles. The first kappa shape index (κ1) is 79.0. The molecule has 2 fully saturated rings. The molecule has 2 saturated carbocycles. The van der Waals surface area contributed by atoms with Crippen molar-refractivity contribution in [1.82, 2.24) is 0 Å². The van der Waals surface area contributed by atoms with Crippen molar-refractivity contribution >= 4 is 28.0 Å². The number of hydrogen-bond donors (Lipinski definition) is 0. The molecule has 4 aromatic carbocycles. The average Bonchev–Trinajstić information content (AvgIpc) is 3.62. The van der Waals surface area contributed by atoms with Gasteiger partial charge >= 0.3 is 72.0 Å². The molecule has 460 valence electrons. The summed E-state index contributed by atoms with van der Waals surface area (Å²) < 4.78 is 356. The Labute approximate surface area is 489 Å². The van der Waals surface area contributed by atoms with Gasteiger partial charge in [-0.1, -0.05) is 118 Å². The molecule has 0 bridgehead atoms. The molecule has 2 aliphatic rings. The summed E-state index contributed by atoms with van der Waals surface area (Å²) in [5.74, 6) is 14.7. The molecule has 0 unspecified atom stereocenters. The Morgan fingerprint density at radius 2 is 0.301 bits per heavy atom. The molecular weight excluding hydrogens is 1530 g/mol. The Morgan fingerprint density at radius 3 is 0.373 bits per heavy atom. The molecule has 2 nitrogen and oxygen atoms in total. The fourth-order valence-corrected chi connectivity index (χ4v) is 8.88. The first-order valence-corrected chi connectivity index (χ1v) is 22.5. The SMILES string of the molecule is C[C]1[C](C)[C](C)[C](C)[C]1C.C[C]1[C](C)[C](C)[C](C)[C]1C.FC(F)(F)c1cc([B-](c2cc(C(F)(F)F)cc(C(F)(F)F)c2)(c2cc(C(F)(F)F)cc(C(F)(F)F)c2)c2cc(C(F)(F)F)cc(C(F)(F)F)c2)cc(C(F)(F)F)c1.[C-]#[O+].[C-]#[O+].[Ir].[Ir]. The van der Waals surface area contributed by atoms with E-state index in [-0.39, 0.29) is 40.2 Å². The summed E-state index contributed by atoms with van der Waals surface area (Å²) in [4.78, 5) is 0. The summed E-state index contributed by atoms with van der Waals surface area (Å²) in [6.07, 6.45) is -54.8. The van der Waals surface area contributed by atoms with Crippen LogP contribution in [-0.2, 0) is 98.9 Å². The summed E-state index contributed by atoms with van der Waals surface area (Å²) in [7, 11) is 0. The molecule has 0 amide bonds. The van der Waals surface area contributed by atoms with Crippen molar-refractivity contribution in [3.8, 4) is 0 Å². The monoisotopic (exact) mass is 1580 g/mol. The molecule has 12 radical (unpaired) electrons. The van der Waals surface area contributed by atoms with Crippen LogP contribution in [0.1, 0.15) is 114 Å². The van der Waals surface area contributed by atoms with Crippen molar-refractivity contribution in [3.05, 3.63) is 190 Å². The fraction of sp³-hybridized carbons (Fsp3) is 0.333. The van der Waals surface area contributed by atoms with Crippen molar-refractivity contribution in [1.29, 1.82) is 0 Å². The van der Waals surface area contributed by atoms with Crippen LogP contribution in [0.3, 0.4) is 0 Å². The summed E-state index contributed by atoms with van der Waals surface area (Å²) in [6, 6.07) is -8.81. The van der Waals surface area contributed by atoms with Crippen molar-refractivity contribution in [2.45, 2.75) is 119 Å². The molecule has 0 saturated heterocycles. The second-order valence-electron chi connectivity index (χ2n) is 18.5. The predicted molar refractivity (Wildman–Crippen MR) is 247 cm³/mol. The second-order valence-corrected chi connectivity index (χ2v) is 18.5. The third-order valence-corrected chi connectivity index (χ3v) is 14.1. The van der Waals surface area contributed by atoms with Crippen LogP contribution in [0.25, 0.3) is 0 Å². The quantitative estimate of drug-likeness (QED) is 0.0846. The first-order chi connectivity index (χ1) is 36.4. The van der Waals surface area contributed by atoms with Gasteiger partial charge in [0.1, 0.15) is 6.15 Å². The van der Waals surface area contributed by atoms with Crippen LogP contribution in [0.2, 0.25) is 0 Å². The summed E-state index contributed by atoms with van der Waals surface area (Å²) in [5, 5.41) is 0. The zero-order chi connectivity index (χ0) is 63.7. The van der Waals surface area contributed by atoms with Gasteiger partial charge in [0.05, 0.1) is 44.5 Å². The van der Waals surface area contributed by atoms with Gasteiger partial charge in [0.2, 0.25) is 0 Å². The van der Waals surface area contributed by atoms with E-state index in [1.807, 2.05) is 0 Å². The van der Waals surface area contributed by atoms with Crippen molar-refractivity contribution in [3.63, 3.8) is 0 Å². The topological polar surface area (TPSA) is 39.8 Å². The summed E-state index contributed by atoms with van der Waals surface area (Å²) in [5.41, 5.74) is -30.2. The maximum absolute atomic E-state index is 14.2. The molecular formula is C54H42BF24Ir2O2-.